The minimum Gasteiger partial charge on any atom is -0.447 e. The quantitative estimate of drug-likeness (QED) is 0.890. The van der Waals surface area contributed by atoms with Crippen molar-refractivity contribution in [2.75, 3.05) is 0 Å². The Balaban J connectivity index is 2.26. The molecule has 0 spiro atoms. The van der Waals surface area contributed by atoms with Gasteiger partial charge in [0.2, 0.25) is 0 Å². The zero-order valence-electron chi connectivity index (χ0n) is 8.80. The van der Waals surface area contributed by atoms with Crippen molar-refractivity contribution in [1.29, 1.82) is 0 Å². The molecule has 0 saturated carbocycles. The summed E-state index contributed by atoms with van der Waals surface area (Å²) in [5, 5.41) is 18.0. The summed E-state index contributed by atoms with van der Waals surface area (Å²) in [4.78, 5) is 0. The van der Waals surface area contributed by atoms with E-state index in [4.69, 9.17) is 16.0 Å². The van der Waals surface area contributed by atoms with Gasteiger partial charge in [0, 0.05) is 6.54 Å². The first-order chi connectivity index (χ1) is 7.72. The fourth-order valence-electron chi connectivity index (χ4n) is 1.48. The lowest BCUT2D eigenvalue weighted by Gasteiger charge is -2.09. The van der Waals surface area contributed by atoms with Gasteiger partial charge in [-0.15, -0.1) is 5.10 Å². The number of hydrogen-bond acceptors (Lipinski definition) is 4. The highest BCUT2D eigenvalue weighted by Crippen LogP contribution is 2.25. The predicted molar refractivity (Wildman–Crippen MR) is 58.1 cm³/mol. The highest BCUT2D eigenvalue weighted by Gasteiger charge is 2.19. The van der Waals surface area contributed by atoms with E-state index in [9.17, 15) is 5.11 Å². The van der Waals surface area contributed by atoms with Crippen LogP contribution < -0.4 is 0 Å². The van der Waals surface area contributed by atoms with Crippen molar-refractivity contribution in [3.8, 4) is 0 Å². The third-order valence-corrected chi connectivity index (χ3v) is 2.43. The molecule has 0 aliphatic heterocycles. The fourth-order valence-corrected chi connectivity index (χ4v) is 1.64. The second kappa shape index (κ2) is 4.67. The van der Waals surface area contributed by atoms with E-state index in [2.05, 4.69) is 10.3 Å². The molecule has 6 heteroatoms. The SMILES string of the molecule is CCCn1nncc1C(O)c1ccc(Cl)o1. The van der Waals surface area contributed by atoms with Gasteiger partial charge in [-0.2, -0.15) is 0 Å². The van der Waals surface area contributed by atoms with Crippen molar-refractivity contribution in [2.24, 2.45) is 0 Å². The lowest BCUT2D eigenvalue weighted by atomic mass is 10.2. The van der Waals surface area contributed by atoms with Crippen molar-refractivity contribution >= 4 is 11.6 Å². The second-order valence-electron chi connectivity index (χ2n) is 3.43. The Bertz CT molecular complexity index is 466. The summed E-state index contributed by atoms with van der Waals surface area (Å²) in [7, 11) is 0. The summed E-state index contributed by atoms with van der Waals surface area (Å²) in [6, 6.07) is 3.23. The van der Waals surface area contributed by atoms with Crippen LogP contribution in [-0.2, 0) is 6.54 Å². The molecule has 1 atom stereocenters. The molecule has 0 saturated heterocycles. The lowest BCUT2D eigenvalue weighted by Crippen LogP contribution is -2.09. The van der Waals surface area contributed by atoms with Crippen LogP contribution in [0.4, 0.5) is 0 Å². The summed E-state index contributed by atoms with van der Waals surface area (Å²) < 4.78 is 6.80. The zero-order chi connectivity index (χ0) is 11.5. The van der Waals surface area contributed by atoms with Crippen molar-refractivity contribution in [3.63, 3.8) is 0 Å². The molecule has 2 rings (SSSR count). The first kappa shape index (κ1) is 11.2. The van der Waals surface area contributed by atoms with Gasteiger partial charge in [-0.25, -0.2) is 4.68 Å². The van der Waals surface area contributed by atoms with E-state index >= 15 is 0 Å². The Morgan fingerprint density at radius 1 is 1.56 bits per heavy atom. The van der Waals surface area contributed by atoms with Gasteiger partial charge in [0.05, 0.1) is 11.9 Å². The maximum Gasteiger partial charge on any atom is 0.193 e. The molecule has 2 aromatic rings. The Labute approximate surface area is 97.6 Å². The number of nitrogens with zero attached hydrogens (tertiary/aromatic N) is 3. The normalized spacial score (nSPS) is 12.9. The standard InChI is InChI=1S/C10H12ClN3O2/c1-2-5-14-7(6-12-13-14)10(15)8-3-4-9(11)16-8/h3-4,6,10,15H,2,5H2,1H3. The van der Waals surface area contributed by atoms with Crippen molar-refractivity contribution in [1.82, 2.24) is 15.0 Å². The van der Waals surface area contributed by atoms with Crippen LogP contribution in [0.15, 0.2) is 22.7 Å². The van der Waals surface area contributed by atoms with E-state index in [0.29, 0.717) is 18.0 Å². The summed E-state index contributed by atoms with van der Waals surface area (Å²) in [6.07, 6.45) is 1.56. The maximum atomic E-state index is 10.0. The Morgan fingerprint density at radius 2 is 2.38 bits per heavy atom. The molecule has 16 heavy (non-hydrogen) atoms. The Hall–Kier alpha value is -1.33. The van der Waals surface area contributed by atoms with E-state index in [0.717, 1.165) is 6.42 Å². The summed E-state index contributed by atoms with van der Waals surface area (Å²) >= 11 is 5.65. The van der Waals surface area contributed by atoms with Crippen LogP contribution in [-0.4, -0.2) is 20.1 Å². The molecule has 0 amide bonds. The summed E-state index contributed by atoms with van der Waals surface area (Å²) in [6.45, 7) is 2.74. The first-order valence-electron chi connectivity index (χ1n) is 5.04. The average molecular weight is 242 g/mol. The van der Waals surface area contributed by atoms with E-state index in [1.807, 2.05) is 6.92 Å². The zero-order valence-corrected chi connectivity index (χ0v) is 9.55. The van der Waals surface area contributed by atoms with E-state index in [1.165, 1.54) is 6.20 Å². The molecule has 0 aliphatic carbocycles. The van der Waals surface area contributed by atoms with Gasteiger partial charge in [-0.05, 0) is 30.2 Å². The number of aromatic nitrogens is 3. The second-order valence-corrected chi connectivity index (χ2v) is 3.80. The van der Waals surface area contributed by atoms with Crippen molar-refractivity contribution < 1.29 is 9.52 Å². The minimum absolute atomic E-state index is 0.253. The highest BCUT2D eigenvalue weighted by atomic mass is 35.5. The molecule has 5 nitrogen and oxygen atoms in total. The molecule has 86 valence electrons. The van der Waals surface area contributed by atoms with Gasteiger partial charge < -0.3 is 9.52 Å². The van der Waals surface area contributed by atoms with E-state index in [-0.39, 0.29) is 5.22 Å². The van der Waals surface area contributed by atoms with Gasteiger partial charge in [-0.3, -0.25) is 0 Å². The smallest absolute Gasteiger partial charge is 0.193 e. The summed E-state index contributed by atoms with van der Waals surface area (Å²) in [5.41, 5.74) is 0.605. The number of furan rings is 1. The average Bonchev–Trinajstić information content (AvgIpc) is 2.87. The molecule has 0 radical (unpaired) electrons. The number of aliphatic hydroxyl groups is 1. The molecule has 0 aliphatic rings. The van der Waals surface area contributed by atoms with Gasteiger partial charge in [0.15, 0.2) is 11.3 Å². The van der Waals surface area contributed by atoms with Crippen LogP contribution in [0, 0.1) is 0 Å². The minimum atomic E-state index is -0.881. The van der Waals surface area contributed by atoms with Crippen molar-refractivity contribution in [2.45, 2.75) is 26.0 Å². The highest BCUT2D eigenvalue weighted by molar-refractivity contribution is 6.28. The third-order valence-electron chi connectivity index (χ3n) is 2.23. The molecule has 1 unspecified atom stereocenters. The number of rotatable bonds is 4. The first-order valence-corrected chi connectivity index (χ1v) is 5.42. The number of hydrogen-bond donors (Lipinski definition) is 1. The number of halogens is 1. The maximum absolute atomic E-state index is 10.0. The summed E-state index contributed by atoms with van der Waals surface area (Å²) in [5.74, 6) is 0.393. The third kappa shape index (κ3) is 2.10. The van der Waals surface area contributed by atoms with Gasteiger partial charge >= 0.3 is 0 Å². The molecule has 2 heterocycles. The molecule has 0 bridgehead atoms. The van der Waals surface area contributed by atoms with E-state index in [1.54, 1.807) is 16.8 Å². The number of aliphatic hydroxyl groups excluding tert-OH is 1. The Morgan fingerprint density at radius 3 is 3.00 bits per heavy atom. The van der Waals surface area contributed by atoms with Gasteiger partial charge in [0.1, 0.15) is 5.76 Å². The van der Waals surface area contributed by atoms with Crippen LogP contribution in [0.25, 0.3) is 0 Å². The predicted octanol–water partition coefficient (Wildman–Crippen LogP) is 2.02. The Kier molecular flexibility index (Phi) is 3.26. The van der Waals surface area contributed by atoms with Gasteiger partial charge in [-0.1, -0.05) is 12.1 Å². The lowest BCUT2D eigenvalue weighted by molar-refractivity contribution is 0.178. The molecule has 0 aromatic carbocycles. The van der Waals surface area contributed by atoms with Crippen LogP contribution in [0.3, 0.4) is 0 Å². The van der Waals surface area contributed by atoms with Crippen LogP contribution in [0.5, 0.6) is 0 Å². The van der Waals surface area contributed by atoms with Crippen LogP contribution in [0.1, 0.15) is 30.9 Å². The van der Waals surface area contributed by atoms with Crippen LogP contribution in [0.2, 0.25) is 5.22 Å². The molecular weight excluding hydrogens is 230 g/mol. The fraction of sp³-hybridized carbons (Fsp3) is 0.400. The van der Waals surface area contributed by atoms with Gasteiger partial charge in [0.25, 0.3) is 0 Å². The molecule has 1 N–H and O–H groups in total. The topological polar surface area (TPSA) is 64.1 Å². The monoisotopic (exact) mass is 241 g/mol. The van der Waals surface area contributed by atoms with Crippen LogP contribution >= 0.6 is 11.6 Å². The molecule has 2 aromatic heterocycles. The van der Waals surface area contributed by atoms with Crippen molar-refractivity contribution in [3.05, 3.63) is 35.0 Å². The largest absolute Gasteiger partial charge is 0.447 e. The number of aryl methyl sites for hydroxylation is 1. The van der Waals surface area contributed by atoms with E-state index < -0.39 is 6.10 Å². The molecular formula is C10H12ClN3O2. The molecule has 0 fully saturated rings.